The summed E-state index contributed by atoms with van der Waals surface area (Å²) in [5.41, 5.74) is 5.16. The van der Waals surface area contributed by atoms with Gasteiger partial charge < -0.3 is 24.5 Å². The molecule has 0 atom stereocenters. The molecule has 9 rings (SSSR count). The molecular weight excluding hydrogens is 1140 g/mol. The first-order chi connectivity index (χ1) is 38.6. The lowest BCUT2D eigenvalue weighted by Crippen LogP contribution is -2.28. The second-order valence-corrected chi connectivity index (χ2v) is 17.2. The van der Waals surface area contributed by atoms with Crippen LogP contribution < -0.4 is 23.0 Å². The topological polar surface area (TPSA) is 390 Å². The normalized spacial score (nSPS) is 10.6. The van der Waals surface area contributed by atoms with Crippen LogP contribution in [0.2, 0.25) is 20.1 Å². The van der Waals surface area contributed by atoms with Crippen molar-refractivity contribution in [3.8, 4) is 45.6 Å². The molecule has 0 radical (unpaired) electrons. The summed E-state index contributed by atoms with van der Waals surface area (Å²) < 4.78 is 19.8. The number of hydrogen-bond acceptors (Lipinski definition) is 20. The number of amides is 1. The Hall–Kier alpha value is -9.58. The largest absolute Gasteiger partial charge is 0.516 e. The third kappa shape index (κ3) is 22.7. The summed E-state index contributed by atoms with van der Waals surface area (Å²) in [5, 5.41) is 34.9. The average Bonchev–Trinajstić information content (AvgIpc) is 4.35. The fourth-order valence-electron chi connectivity index (χ4n) is 5.67. The number of nitrogens with one attached hydrogen (secondary N) is 1. The summed E-state index contributed by atoms with van der Waals surface area (Å²) in [5.74, 6) is 13.2. The maximum absolute atomic E-state index is 11.5. The first kappa shape index (κ1) is 63.9. The molecule has 9 aromatic rings. The number of benzene rings is 4. The molecule has 10 N–H and O–H groups in total. The SMILES string of the molecule is CC(C)COC(=O)OC(=O)/C=C\n1cnc(-c2cccc(Cl)c2)n1.Clc1cccc(-c2ncn(/C=C\c3nnco3)n2)c1.NN.NNC(=O)/C=C\n1cnc(-c2cccc(Cl)c2)n1.O.O=C(O)/C=C\n1cnc(-c2cccc(Cl)c2)n1. The zero-order valence-electron chi connectivity index (χ0n) is 42.3. The lowest BCUT2D eigenvalue weighted by Gasteiger charge is -2.05. The van der Waals surface area contributed by atoms with Crippen LogP contribution in [0.25, 0.3) is 76.4 Å². The van der Waals surface area contributed by atoms with Crippen LogP contribution >= 0.6 is 46.4 Å². The summed E-state index contributed by atoms with van der Waals surface area (Å²) in [4.78, 5) is 60.5. The van der Waals surface area contributed by atoms with Crippen LogP contribution in [0.1, 0.15) is 19.7 Å². The van der Waals surface area contributed by atoms with Crippen molar-refractivity contribution < 1.29 is 43.7 Å². The Morgan fingerprint density at radius 2 is 1.00 bits per heavy atom. The van der Waals surface area contributed by atoms with Crippen molar-refractivity contribution in [2.75, 3.05) is 6.61 Å². The maximum Gasteiger partial charge on any atom is 0.516 e. The number of aliphatic carboxylic acids is 1. The van der Waals surface area contributed by atoms with E-state index in [-0.39, 0.29) is 18.0 Å². The molecule has 27 nitrogen and oxygen atoms in total. The van der Waals surface area contributed by atoms with Crippen LogP contribution in [0.4, 0.5) is 4.79 Å². The first-order valence-corrected chi connectivity index (χ1v) is 24.2. The van der Waals surface area contributed by atoms with Crippen molar-refractivity contribution in [3.05, 3.63) is 173 Å². The van der Waals surface area contributed by atoms with Crippen LogP contribution in [-0.2, 0) is 23.9 Å². The van der Waals surface area contributed by atoms with Crippen molar-refractivity contribution in [2.24, 2.45) is 23.4 Å². The van der Waals surface area contributed by atoms with E-state index >= 15 is 0 Å². The summed E-state index contributed by atoms with van der Waals surface area (Å²) >= 11 is 23.6. The highest BCUT2D eigenvalue weighted by Crippen LogP contribution is 2.22. The predicted octanol–water partition coefficient (Wildman–Crippen LogP) is 7.22. The fourth-order valence-corrected chi connectivity index (χ4v) is 6.43. The minimum absolute atomic E-state index is 0. The number of rotatable bonds is 14. The van der Waals surface area contributed by atoms with Gasteiger partial charge in [0, 0.05) is 91.4 Å². The number of halogens is 4. The highest BCUT2D eigenvalue weighted by Gasteiger charge is 2.11. The third-order valence-electron chi connectivity index (χ3n) is 9.08. The van der Waals surface area contributed by atoms with Gasteiger partial charge in [-0.25, -0.2) is 58.9 Å². The van der Waals surface area contributed by atoms with E-state index in [1.807, 2.05) is 61.7 Å². The zero-order valence-corrected chi connectivity index (χ0v) is 45.4. The van der Waals surface area contributed by atoms with E-state index in [4.69, 9.17) is 66.5 Å². The molecule has 0 spiro atoms. The van der Waals surface area contributed by atoms with Gasteiger partial charge in [0.1, 0.15) is 25.3 Å². The molecule has 0 aliphatic heterocycles. The van der Waals surface area contributed by atoms with Gasteiger partial charge in [-0.3, -0.25) is 21.9 Å². The fraction of sp³-hybridized carbons (Fsp3) is 0.0800. The number of hydrogen-bond donors (Lipinski definition) is 5. The second kappa shape index (κ2) is 33.7. The molecular formula is C50H48Cl4N18O9. The number of carbonyl (C=O) groups is 4. The molecule has 0 bridgehead atoms. The van der Waals surface area contributed by atoms with Gasteiger partial charge in [0.05, 0.1) is 6.61 Å². The summed E-state index contributed by atoms with van der Waals surface area (Å²) in [6.07, 6.45) is 16.8. The molecule has 0 saturated carbocycles. The van der Waals surface area contributed by atoms with Gasteiger partial charge in [-0.2, -0.15) is 0 Å². The lowest BCUT2D eigenvalue weighted by molar-refractivity contribution is -0.134. The number of carboxylic acid groups (broad SMARTS) is 1. The average molecular weight is 1190 g/mol. The Labute approximate surface area is 479 Å². The van der Waals surface area contributed by atoms with Gasteiger partial charge in [-0.05, 0) is 54.4 Å². The predicted molar refractivity (Wildman–Crippen MR) is 302 cm³/mol. The Kier molecular flexibility index (Phi) is 26.6. The van der Waals surface area contributed by atoms with Gasteiger partial charge >= 0.3 is 18.1 Å². The van der Waals surface area contributed by atoms with E-state index in [9.17, 15) is 19.2 Å². The first-order valence-electron chi connectivity index (χ1n) is 22.7. The smallest absolute Gasteiger partial charge is 0.478 e. The standard InChI is InChI=1S/C16H16ClN3O4.C12H8ClN5O.C11H10ClN5O.C11H8ClN3O2.H4N2.H2O/c1-11(2)9-23-16(22)24-14(21)6-7-20-10-18-15(19-20)12-4-3-5-13(17)8-12;13-10-3-1-2-9(6-10)12-14-7-18(17-12)5-4-11-16-15-8-19-11;12-9-3-1-2-8(6-9)11-14-7-17(16-11)5-4-10(18)15-13;12-9-3-1-2-8(6-9)11-13-7-15(14-11)5-4-10(16)17;1-2;/h3-8,10-11H,9H2,1-2H3;1-8H;1-7H,13H2,(H,15,18);1-7H,(H,16,17);1-2H2;1H2/b7-6-;3*5-4-;;. The van der Waals surface area contributed by atoms with Crippen molar-refractivity contribution >= 4 is 101 Å². The van der Waals surface area contributed by atoms with Crippen molar-refractivity contribution in [3.63, 3.8) is 0 Å². The maximum atomic E-state index is 11.5. The molecule has 4 aromatic carbocycles. The minimum atomic E-state index is -1.04. The summed E-state index contributed by atoms with van der Waals surface area (Å²) in [7, 11) is 0. The lowest BCUT2D eigenvalue weighted by atomic mass is 10.2. The molecule has 1 amide bonds. The van der Waals surface area contributed by atoms with Crippen LogP contribution in [0.3, 0.4) is 0 Å². The second-order valence-electron chi connectivity index (χ2n) is 15.5. The van der Waals surface area contributed by atoms with Crippen molar-refractivity contribution in [2.45, 2.75) is 13.8 Å². The minimum Gasteiger partial charge on any atom is -0.478 e. The van der Waals surface area contributed by atoms with E-state index in [2.05, 4.69) is 67.0 Å². The van der Waals surface area contributed by atoms with E-state index in [1.54, 1.807) is 77.9 Å². The van der Waals surface area contributed by atoms with Gasteiger partial charge in [-0.1, -0.05) is 109 Å². The van der Waals surface area contributed by atoms with Crippen LogP contribution in [0, 0.1) is 5.92 Å². The molecule has 0 saturated heterocycles. The molecule has 5 heterocycles. The Balaban J connectivity index is 0.000000231. The number of nitrogens with zero attached hydrogens (tertiary/aromatic N) is 14. The van der Waals surface area contributed by atoms with Gasteiger partial charge in [0.15, 0.2) is 23.3 Å². The molecule has 81 heavy (non-hydrogen) atoms. The van der Waals surface area contributed by atoms with E-state index in [1.165, 1.54) is 64.1 Å². The number of carbonyl (C=O) groups excluding carboxylic acids is 3. The number of aromatic nitrogens is 14. The molecule has 5 aromatic heterocycles. The van der Waals surface area contributed by atoms with Crippen LogP contribution in [0.5, 0.6) is 0 Å². The Morgan fingerprint density at radius 1 is 0.617 bits per heavy atom. The number of hydrazine groups is 2. The molecule has 420 valence electrons. The highest BCUT2D eigenvalue weighted by molar-refractivity contribution is 6.31. The highest BCUT2D eigenvalue weighted by atomic mass is 35.5. The van der Waals surface area contributed by atoms with Crippen molar-refractivity contribution in [1.82, 2.24) is 74.7 Å². The molecule has 0 aliphatic rings. The third-order valence-corrected chi connectivity index (χ3v) is 10.0. The summed E-state index contributed by atoms with van der Waals surface area (Å²) in [6.45, 7) is 3.93. The molecule has 0 fully saturated rings. The number of carboxylic acids is 1. The number of nitrogens with two attached hydrogens (primary N) is 3. The summed E-state index contributed by atoms with van der Waals surface area (Å²) in [6, 6.07) is 28.7. The van der Waals surface area contributed by atoms with Crippen LogP contribution in [-0.4, -0.2) is 110 Å². The van der Waals surface area contributed by atoms with E-state index in [0.29, 0.717) is 49.3 Å². The van der Waals surface area contributed by atoms with E-state index < -0.39 is 24.0 Å². The molecule has 31 heteroatoms. The van der Waals surface area contributed by atoms with E-state index in [0.717, 1.165) is 34.4 Å². The monoisotopic (exact) mass is 1180 g/mol. The van der Waals surface area contributed by atoms with Gasteiger partial charge in [0.2, 0.25) is 12.3 Å². The molecule has 0 unspecified atom stereocenters. The quantitative estimate of drug-likeness (QED) is 0.0179. The number of ether oxygens (including phenoxy) is 2. The van der Waals surface area contributed by atoms with Crippen LogP contribution in [0.15, 0.2) is 151 Å². The zero-order chi connectivity index (χ0) is 57.8. The van der Waals surface area contributed by atoms with Gasteiger partial charge in [-0.15, -0.1) is 30.6 Å². The van der Waals surface area contributed by atoms with Gasteiger partial charge in [0.25, 0.3) is 5.91 Å². The number of esters is 1. The van der Waals surface area contributed by atoms with Crippen molar-refractivity contribution in [1.29, 1.82) is 0 Å². The Bertz CT molecular complexity index is 3560. The Morgan fingerprint density at radius 3 is 1.35 bits per heavy atom. The molecule has 0 aliphatic carbocycles.